The van der Waals surface area contributed by atoms with Crippen LogP contribution < -0.4 is 5.32 Å². The molecule has 1 N–H and O–H groups in total. The van der Waals surface area contributed by atoms with E-state index in [1.54, 1.807) is 32.4 Å². The highest BCUT2D eigenvalue weighted by molar-refractivity contribution is 5.81. The van der Waals surface area contributed by atoms with E-state index in [4.69, 9.17) is 9.15 Å². The first-order valence-corrected chi connectivity index (χ1v) is 10.5. The normalized spacial score (nSPS) is 12.2. The summed E-state index contributed by atoms with van der Waals surface area (Å²) in [5.74, 6) is 1.17. The molecule has 0 radical (unpaired) electrons. The second-order valence-electron chi connectivity index (χ2n) is 7.72. The van der Waals surface area contributed by atoms with Gasteiger partial charge in [-0.1, -0.05) is 18.2 Å². The number of nitrogens with one attached hydrogen (secondary N) is 1. The molecular weight excluding hydrogens is 421 g/mol. The number of hydrogen-bond acceptors (Lipinski definition) is 6. The third kappa shape index (κ3) is 3.96. The Morgan fingerprint density at radius 3 is 2.61 bits per heavy atom. The Hall–Kier alpha value is -4.04. The molecule has 0 bridgehead atoms. The number of imidazole rings is 1. The Labute approximate surface area is 189 Å². The lowest BCUT2D eigenvalue weighted by Gasteiger charge is -2.21. The highest BCUT2D eigenvalue weighted by Gasteiger charge is 2.18. The van der Waals surface area contributed by atoms with Gasteiger partial charge in [-0.3, -0.25) is 4.40 Å². The molecule has 3 heterocycles. The summed E-state index contributed by atoms with van der Waals surface area (Å²) in [6.07, 6.45) is 3.31. The van der Waals surface area contributed by atoms with Gasteiger partial charge in [0.15, 0.2) is 6.23 Å². The number of methoxy groups -OCH3 is 1. The van der Waals surface area contributed by atoms with Crippen LogP contribution in [0.25, 0.3) is 28.4 Å². The van der Waals surface area contributed by atoms with Crippen LogP contribution in [-0.2, 0) is 4.74 Å². The second kappa shape index (κ2) is 8.48. The molecule has 0 saturated carbocycles. The molecule has 0 amide bonds. The molecule has 33 heavy (non-hydrogen) atoms. The predicted octanol–water partition coefficient (Wildman–Crippen LogP) is 5.56. The number of aromatic nitrogens is 4. The number of anilines is 1. The van der Waals surface area contributed by atoms with Crippen molar-refractivity contribution < 1.29 is 13.5 Å². The quantitative estimate of drug-likeness (QED) is 0.346. The van der Waals surface area contributed by atoms with Crippen LogP contribution in [0.4, 0.5) is 10.1 Å². The van der Waals surface area contributed by atoms with Crippen molar-refractivity contribution >= 4 is 11.2 Å². The van der Waals surface area contributed by atoms with Gasteiger partial charge in [0.1, 0.15) is 5.82 Å². The van der Waals surface area contributed by atoms with Crippen LogP contribution in [0, 0.1) is 19.7 Å². The maximum absolute atomic E-state index is 13.3. The van der Waals surface area contributed by atoms with Crippen LogP contribution in [0.15, 0.2) is 71.4 Å². The summed E-state index contributed by atoms with van der Waals surface area (Å²) < 4.78 is 26.5. The topological polar surface area (TPSA) is 77.5 Å². The number of hydrogen-bond donors (Lipinski definition) is 1. The summed E-state index contributed by atoms with van der Waals surface area (Å²) in [5, 5.41) is 11.3. The first kappa shape index (κ1) is 20.8. The minimum absolute atomic E-state index is 0.281. The third-order valence-corrected chi connectivity index (χ3v) is 5.54. The number of aryl methyl sites for hydroxylation is 2. The Bertz CT molecular complexity index is 1420. The van der Waals surface area contributed by atoms with Gasteiger partial charge in [0.25, 0.3) is 5.89 Å². The van der Waals surface area contributed by atoms with Crippen molar-refractivity contribution in [1.82, 2.24) is 19.6 Å². The number of nitrogens with zero attached hydrogens (tertiary/aromatic N) is 4. The molecule has 1 unspecified atom stereocenters. The molecular formula is C25H22FN5O2. The third-order valence-electron chi connectivity index (χ3n) is 5.54. The fraction of sp³-hybridized carbons (Fsp3) is 0.160. The molecule has 0 aliphatic carbocycles. The van der Waals surface area contributed by atoms with Gasteiger partial charge >= 0.3 is 0 Å². The fourth-order valence-corrected chi connectivity index (χ4v) is 3.86. The van der Waals surface area contributed by atoms with Crippen LogP contribution in [-0.4, -0.2) is 26.7 Å². The Balaban J connectivity index is 1.54. The zero-order chi connectivity index (χ0) is 22.9. The fourth-order valence-electron chi connectivity index (χ4n) is 3.86. The Morgan fingerprint density at radius 1 is 1.06 bits per heavy atom. The average molecular weight is 443 g/mol. The summed E-state index contributed by atoms with van der Waals surface area (Å²) in [6, 6.07) is 16.4. The average Bonchev–Trinajstić information content (AvgIpc) is 3.45. The molecule has 0 spiro atoms. The summed E-state index contributed by atoms with van der Waals surface area (Å²) in [4.78, 5) is 4.52. The highest BCUT2D eigenvalue weighted by Crippen LogP contribution is 2.32. The van der Waals surface area contributed by atoms with Crippen molar-refractivity contribution in [3.63, 3.8) is 0 Å². The van der Waals surface area contributed by atoms with Gasteiger partial charge in [-0.25, -0.2) is 9.37 Å². The van der Waals surface area contributed by atoms with Gasteiger partial charge in [-0.2, -0.15) is 0 Å². The number of rotatable bonds is 6. The first-order chi connectivity index (χ1) is 16.0. The van der Waals surface area contributed by atoms with Crippen LogP contribution in [0.1, 0.15) is 23.2 Å². The zero-order valence-electron chi connectivity index (χ0n) is 18.4. The number of halogens is 1. The standard InChI is InChI=1S/C25H22FN5O2/c1-15-6-7-17(13-21(15)24(32-3)28-19-10-8-18(26)9-11-19)20-5-4-12-31-22(20)14-27-23(31)25-30-29-16(2)33-25/h4-14,24,28H,1-3H3. The van der Waals surface area contributed by atoms with E-state index in [0.717, 1.165) is 33.5 Å². The van der Waals surface area contributed by atoms with Crippen LogP contribution in [0.3, 0.4) is 0 Å². The number of ether oxygens (including phenoxy) is 1. The van der Waals surface area contributed by atoms with Crippen LogP contribution in [0.5, 0.6) is 0 Å². The van der Waals surface area contributed by atoms with Gasteiger partial charge in [0.05, 0.1) is 11.7 Å². The lowest BCUT2D eigenvalue weighted by Crippen LogP contribution is -2.14. The molecule has 8 heteroatoms. The van der Waals surface area contributed by atoms with E-state index < -0.39 is 6.23 Å². The summed E-state index contributed by atoms with van der Waals surface area (Å²) >= 11 is 0. The molecule has 7 nitrogen and oxygen atoms in total. The van der Waals surface area contributed by atoms with Gasteiger partial charge in [0, 0.05) is 37.0 Å². The van der Waals surface area contributed by atoms with E-state index >= 15 is 0 Å². The maximum atomic E-state index is 13.3. The van der Waals surface area contributed by atoms with Crippen molar-refractivity contribution in [2.75, 3.05) is 12.4 Å². The van der Waals surface area contributed by atoms with Crippen molar-refractivity contribution in [2.45, 2.75) is 20.1 Å². The molecule has 0 aliphatic heterocycles. The second-order valence-corrected chi connectivity index (χ2v) is 7.72. The molecule has 5 rings (SSSR count). The molecule has 5 aromatic rings. The molecule has 0 fully saturated rings. The van der Waals surface area contributed by atoms with E-state index in [-0.39, 0.29) is 5.82 Å². The summed E-state index contributed by atoms with van der Waals surface area (Å²) in [7, 11) is 1.64. The number of fused-ring (bicyclic) bond motifs is 1. The lowest BCUT2D eigenvalue weighted by molar-refractivity contribution is 0.126. The predicted molar refractivity (Wildman–Crippen MR) is 123 cm³/mol. The van der Waals surface area contributed by atoms with E-state index in [1.807, 2.05) is 29.7 Å². The number of benzene rings is 2. The van der Waals surface area contributed by atoms with E-state index in [1.165, 1.54) is 12.1 Å². The van der Waals surface area contributed by atoms with Gasteiger partial charge in [0.2, 0.25) is 11.7 Å². The lowest BCUT2D eigenvalue weighted by atomic mass is 9.98. The van der Waals surface area contributed by atoms with E-state index in [9.17, 15) is 4.39 Å². The molecule has 1 atom stereocenters. The van der Waals surface area contributed by atoms with Crippen molar-refractivity contribution in [1.29, 1.82) is 0 Å². The summed E-state index contributed by atoms with van der Waals surface area (Å²) in [6.45, 7) is 3.78. The Morgan fingerprint density at radius 2 is 1.88 bits per heavy atom. The highest BCUT2D eigenvalue weighted by atomic mass is 19.1. The molecule has 0 saturated heterocycles. The molecule has 0 aliphatic rings. The van der Waals surface area contributed by atoms with E-state index in [0.29, 0.717) is 17.6 Å². The molecule has 3 aromatic heterocycles. The smallest absolute Gasteiger partial charge is 0.284 e. The van der Waals surface area contributed by atoms with E-state index in [2.05, 4.69) is 38.7 Å². The zero-order valence-corrected chi connectivity index (χ0v) is 18.4. The minimum atomic E-state index is -0.406. The van der Waals surface area contributed by atoms with Crippen LogP contribution in [0.2, 0.25) is 0 Å². The van der Waals surface area contributed by atoms with Gasteiger partial charge < -0.3 is 14.5 Å². The monoisotopic (exact) mass is 443 g/mol. The minimum Gasteiger partial charge on any atom is -0.419 e. The molecule has 2 aromatic carbocycles. The largest absolute Gasteiger partial charge is 0.419 e. The first-order valence-electron chi connectivity index (χ1n) is 10.5. The van der Waals surface area contributed by atoms with Crippen LogP contribution >= 0.6 is 0 Å². The van der Waals surface area contributed by atoms with Gasteiger partial charge in [-0.15, -0.1) is 10.2 Å². The summed E-state index contributed by atoms with van der Waals surface area (Å²) in [5.41, 5.74) is 5.75. The van der Waals surface area contributed by atoms with Gasteiger partial charge in [-0.05, 0) is 54.4 Å². The van der Waals surface area contributed by atoms with Crippen molar-refractivity contribution in [3.05, 3.63) is 89.8 Å². The SMILES string of the molecule is COC(Nc1ccc(F)cc1)c1cc(-c2cccn3c(-c4nnc(C)o4)ncc23)ccc1C. The number of pyridine rings is 1. The van der Waals surface area contributed by atoms with Crippen molar-refractivity contribution in [3.8, 4) is 22.8 Å². The molecule has 166 valence electrons. The van der Waals surface area contributed by atoms with Crippen molar-refractivity contribution in [2.24, 2.45) is 0 Å². The Kier molecular flexibility index (Phi) is 5.35. The maximum Gasteiger partial charge on any atom is 0.284 e.